The average molecular weight is 226 g/mol. The van der Waals surface area contributed by atoms with E-state index in [4.69, 9.17) is 0 Å². The second kappa shape index (κ2) is 4.31. The van der Waals surface area contributed by atoms with E-state index in [2.05, 4.69) is 12.6 Å². The van der Waals surface area contributed by atoms with Crippen molar-refractivity contribution in [2.24, 2.45) is 0 Å². The van der Waals surface area contributed by atoms with Crippen LogP contribution in [0.3, 0.4) is 0 Å². The molecule has 15 heavy (non-hydrogen) atoms. The molecule has 0 unspecified atom stereocenters. The molecule has 0 bridgehead atoms. The summed E-state index contributed by atoms with van der Waals surface area (Å²) in [5.74, 6) is 0. The van der Waals surface area contributed by atoms with Gasteiger partial charge in [0.05, 0.1) is 4.92 Å². The third-order valence-corrected chi connectivity index (χ3v) is 2.32. The van der Waals surface area contributed by atoms with Gasteiger partial charge in [0, 0.05) is 30.7 Å². The van der Waals surface area contributed by atoms with E-state index in [1.54, 1.807) is 25.1 Å². The number of carbonyl (C=O) groups excluding carboxylic acids is 1. The third-order valence-electron chi connectivity index (χ3n) is 1.95. The Bertz CT molecular complexity index is 418. The number of anilines is 1. The standard InChI is InChI=1S/C9H10N2O3S/c1-10(2)6-3-8(11(13)14)7(5-12)9(15)4-6/h3-5,15H,1-2H3. The monoisotopic (exact) mass is 226 g/mol. The molecule has 0 spiro atoms. The van der Waals surface area contributed by atoms with Gasteiger partial charge in [-0.15, -0.1) is 12.6 Å². The molecular weight excluding hydrogens is 216 g/mol. The summed E-state index contributed by atoms with van der Waals surface area (Å²) in [7, 11) is 3.51. The molecule has 6 heteroatoms. The summed E-state index contributed by atoms with van der Waals surface area (Å²) in [5, 5.41) is 10.7. The van der Waals surface area contributed by atoms with Crippen LogP contribution in [0.5, 0.6) is 0 Å². The molecule has 0 atom stereocenters. The van der Waals surface area contributed by atoms with Crippen LogP contribution >= 0.6 is 12.6 Å². The normalized spacial score (nSPS) is 9.80. The zero-order valence-electron chi connectivity index (χ0n) is 8.30. The number of benzene rings is 1. The summed E-state index contributed by atoms with van der Waals surface area (Å²) in [6, 6.07) is 2.96. The summed E-state index contributed by atoms with van der Waals surface area (Å²) in [5.41, 5.74) is 0.424. The van der Waals surface area contributed by atoms with E-state index in [0.29, 0.717) is 16.9 Å². The highest BCUT2D eigenvalue weighted by atomic mass is 32.1. The van der Waals surface area contributed by atoms with E-state index >= 15 is 0 Å². The zero-order chi connectivity index (χ0) is 11.6. The van der Waals surface area contributed by atoms with E-state index in [-0.39, 0.29) is 11.3 Å². The van der Waals surface area contributed by atoms with Crippen LogP contribution in [-0.2, 0) is 0 Å². The lowest BCUT2D eigenvalue weighted by atomic mass is 10.1. The fourth-order valence-electron chi connectivity index (χ4n) is 1.14. The van der Waals surface area contributed by atoms with Crippen molar-refractivity contribution in [3.63, 3.8) is 0 Å². The van der Waals surface area contributed by atoms with Crippen LogP contribution in [0, 0.1) is 10.1 Å². The molecule has 1 aromatic carbocycles. The minimum absolute atomic E-state index is 0.00827. The molecule has 0 aliphatic rings. The molecule has 1 aromatic rings. The van der Waals surface area contributed by atoms with E-state index < -0.39 is 4.92 Å². The largest absolute Gasteiger partial charge is 0.377 e. The van der Waals surface area contributed by atoms with Crippen molar-refractivity contribution in [2.75, 3.05) is 19.0 Å². The van der Waals surface area contributed by atoms with Crippen molar-refractivity contribution in [2.45, 2.75) is 4.90 Å². The molecule has 0 aliphatic heterocycles. The molecule has 0 saturated carbocycles. The Morgan fingerprint density at radius 2 is 2.07 bits per heavy atom. The summed E-state index contributed by atoms with van der Waals surface area (Å²) in [4.78, 5) is 22.8. The average Bonchev–Trinajstić information content (AvgIpc) is 2.16. The van der Waals surface area contributed by atoms with E-state index in [9.17, 15) is 14.9 Å². The molecule has 5 nitrogen and oxygen atoms in total. The van der Waals surface area contributed by atoms with Crippen molar-refractivity contribution in [1.82, 2.24) is 0 Å². The smallest absolute Gasteiger partial charge is 0.283 e. The first-order chi connectivity index (χ1) is 6.97. The molecule has 0 heterocycles. The lowest BCUT2D eigenvalue weighted by molar-refractivity contribution is -0.385. The molecule has 0 saturated heterocycles. The van der Waals surface area contributed by atoms with Gasteiger partial charge in [0.25, 0.3) is 5.69 Å². The van der Waals surface area contributed by atoms with Gasteiger partial charge >= 0.3 is 0 Å². The van der Waals surface area contributed by atoms with E-state index in [0.717, 1.165) is 0 Å². The van der Waals surface area contributed by atoms with Crippen molar-refractivity contribution in [1.29, 1.82) is 0 Å². The van der Waals surface area contributed by atoms with Gasteiger partial charge in [-0.1, -0.05) is 0 Å². The molecule has 0 N–H and O–H groups in total. The fourth-order valence-corrected chi connectivity index (χ4v) is 1.44. The van der Waals surface area contributed by atoms with Crippen LogP contribution in [0.2, 0.25) is 0 Å². The van der Waals surface area contributed by atoms with Gasteiger partial charge in [-0.05, 0) is 6.07 Å². The van der Waals surface area contributed by atoms with Crippen LogP contribution in [-0.4, -0.2) is 25.3 Å². The summed E-state index contributed by atoms with van der Waals surface area (Å²) in [6.07, 6.45) is 0.444. The Hall–Kier alpha value is -1.56. The number of nitro benzene ring substituents is 1. The van der Waals surface area contributed by atoms with Gasteiger partial charge in [-0.25, -0.2) is 0 Å². The minimum Gasteiger partial charge on any atom is -0.377 e. The van der Waals surface area contributed by atoms with E-state index in [1.165, 1.54) is 6.07 Å². The third kappa shape index (κ3) is 2.27. The van der Waals surface area contributed by atoms with Crippen LogP contribution in [0.1, 0.15) is 10.4 Å². The topological polar surface area (TPSA) is 63.5 Å². The number of aldehydes is 1. The Morgan fingerprint density at radius 1 is 1.47 bits per heavy atom. The highest BCUT2D eigenvalue weighted by Crippen LogP contribution is 2.29. The quantitative estimate of drug-likeness (QED) is 0.369. The zero-order valence-corrected chi connectivity index (χ0v) is 9.19. The van der Waals surface area contributed by atoms with Gasteiger partial charge in [0.15, 0.2) is 6.29 Å². The fraction of sp³-hybridized carbons (Fsp3) is 0.222. The minimum atomic E-state index is -0.587. The second-order valence-corrected chi connectivity index (χ2v) is 3.65. The Balaban J connectivity index is 3.45. The van der Waals surface area contributed by atoms with Crippen LogP contribution in [0.15, 0.2) is 17.0 Å². The second-order valence-electron chi connectivity index (χ2n) is 3.17. The highest BCUT2D eigenvalue weighted by Gasteiger charge is 2.18. The number of nitrogens with zero attached hydrogens (tertiary/aromatic N) is 2. The molecular formula is C9H10N2O3S. The predicted octanol–water partition coefficient (Wildman–Crippen LogP) is 1.76. The number of carbonyl (C=O) groups is 1. The molecule has 0 amide bonds. The lowest BCUT2D eigenvalue weighted by Gasteiger charge is -2.13. The van der Waals surface area contributed by atoms with Crippen LogP contribution < -0.4 is 4.90 Å². The summed E-state index contributed by atoms with van der Waals surface area (Å²) < 4.78 is 0. The molecule has 1 rings (SSSR count). The van der Waals surface area contributed by atoms with Crippen molar-refractivity contribution < 1.29 is 9.72 Å². The van der Waals surface area contributed by atoms with Crippen molar-refractivity contribution in [3.8, 4) is 0 Å². The number of hydrogen-bond donors (Lipinski definition) is 1. The Kier molecular flexibility index (Phi) is 3.31. The molecule has 0 fully saturated rings. The maximum Gasteiger partial charge on any atom is 0.283 e. The Morgan fingerprint density at radius 3 is 2.47 bits per heavy atom. The lowest BCUT2D eigenvalue weighted by Crippen LogP contribution is -2.10. The first kappa shape index (κ1) is 11.5. The van der Waals surface area contributed by atoms with Crippen molar-refractivity contribution in [3.05, 3.63) is 27.8 Å². The summed E-state index contributed by atoms with van der Waals surface area (Å²) in [6.45, 7) is 0. The van der Waals surface area contributed by atoms with Gasteiger partial charge in [-0.2, -0.15) is 0 Å². The number of rotatable bonds is 3. The SMILES string of the molecule is CN(C)c1cc(S)c(C=O)c([N+](=O)[O-])c1. The maximum absolute atomic E-state index is 10.7. The molecule has 0 radical (unpaired) electrons. The van der Waals surface area contributed by atoms with Crippen LogP contribution in [0.4, 0.5) is 11.4 Å². The maximum atomic E-state index is 10.7. The van der Waals surface area contributed by atoms with Gasteiger partial charge in [0.1, 0.15) is 5.56 Å². The van der Waals surface area contributed by atoms with Crippen LogP contribution in [0.25, 0.3) is 0 Å². The van der Waals surface area contributed by atoms with E-state index in [1.807, 2.05) is 0 Å². The molecule has 0 aromatic heterocycles. The van der Waals surface area contributed by atoms with Gasteiger partial charge < -0.3 is 4.90 Å². The number of nitro groups is 1. The molecule has 0 aliphatic carbocycles. The molecule has 80 valence electrons. The Labute approximate surface area is 92.3 Å². The van der Waals surface area contributed by atoms with Gasteiger partial charge in [0.2, 0.25) is 0 Å². The van der Waals surface area contributed by atoms with Crippen molar-refractivity contribution >= 4 is 30.3 Å². The van der Waals surface area contributed by atoms with Gasteiger partial charge in [-0.3, -0.25) is 14.9 Å². The first-order valence-electron chi connectivity index (χ1n) is 4.11. The predicted molar refractivity (Wildman–Crippen MR) is 60.1 cm³/mol. The number of thiol groups is 1. The summed E-state index contributed by atoms with van der Waals surface area (Å²) >= 11 is 4.04. The first-order valence-corrected chi connectivity index (χ1v) is 4.56. The number of hydrogen-bond acceptors (Lipinski definition) is 5. The highest BCUT2D eigenvalue weighted by molar-refractivity contribution is 7.80.